The van der Waals surface area contributed by atoms with E-state index < -0.39 is 0 Å². The molecule has 0 aliphatic heterocycles. The highest BCUT2D eigenvalue weighted by molar-refractivity contribution is 5.18. The summed E-state index contributed by atoms with van der Waals surface area (Å²) in [6.45, 7) is 2.98. The van der Waals surface area contributed by atoms with E-state index in [4.69, 9.17) is 10.5 Å². The lowest BCUT2D eigenvalue weighted by molar-refractivity contribution is 0.171. The van der Waals surface area contributed by atoms with Crippen LogP contribution in [0.4, 0.5) is 0 Å². The fraction of sp³-hybridized carbons (Fsp3) is 0.625. The Labute approximate surface area is 116 Å². The molecule has 0 saturated heterocycles. The summed E-state index contributed by atoms with van der Waals surface area (Å²) in [6.07, 6.45) is 4.85. The highest BCUT2D eigenvalue weighted by Crippen LogP contribution is 2.48. The molecule has 0 bridgehead atoms. The summed E-state index contributed by atoms with van der Waals surface area (Å²) < 4.78 is 5.17. The number of nitrogens with two attached hydrogens (primary N) is 1. The third-order valence-electron chi connectivity index (χ3n) is 4.15. The molecule has 1 aromatic carbocycles. The molecule has 0 radical (unpaired) electrons. The molecule has 0 amide bonds. The van der Waals surface area contributed by atoms with E-state index in [1.807, 2.05) is 18.2 Å². The van der Waals surface area contributed by atoms with E-state index in [1.165, 1.54) is 24.8 Å². The molecule has 19 heavy (non-hydrogen) atoms. The molecule has 1 unspecified atom stereocenters. The molecule has 1 aliphatic carbocycles. The summed E-state index contributed by atoms with van der Waals surface area (Å²) in [6, 6.07) is 10.5. The van der Waals surface area contributed by atoms with Gasteiger partial charge in [0.15, 0.2) is 0 Å². The van der Waals surface area contributed by atoms with Crippen LogP contribution in [0.25, 0.3) is 0 Å². The lowest BCUT2D eigenvalue weighted by Crippen LogP contribution is -2.28. The van der Waals surface area contributed by atoms with E-state index in [0.717, 1.165) is 26.1 Å². The van der Waals surface area contributed by atoms with Crippen molar-refractivity contribution in [2.45, 2.75) is 31.7 Å². The summed E-state index contributed by atoms with van der Waals surface area (Å²) in [5.74, 6) is 0. The second kappa shape index (κ2) is 7.04. The summed E-state index contributed by atoms with van der Waals surface area (Å²) in [5, 5.41) is 3.56. The molecule has 0 spiro atoms. The van der Waals surface area contributed by atoms with Gasteiger partial charge in [-0.25, -0.2) is 0 Å². The fourth-order valence-electron chi connectivity index (χ4n) is 2.49. The van der Waals surface area contributed by atoms with Crippen LogP contribution >= 0.6 is 0 Å². The van der Waals surface area contributed by atoms with Crippen LogP contribution in [0.1, 0.15) is 37.3 Å². The number of rotatable bonds is 9. The first-order valence-corrected chi connectivity index (χ1v) is 7.26. The van der Waals surface area contributed by atoms with Gasteiger partial charge in [-0.15, -0.1) is 0 Å². The molecular formula is C16H26N2O. The molecule has 3 N–H and O–H groups in total. The molecule has 1 atom stereocenters. The summed E-state index contributed by atoms with van der Waals surface area (Å²) >= 11 is 0. The monoisotopic (exact) mass is 262 g/mol. The molecule has 2 rings (SSSR count). The second-order valence-electron chi connectivity index (χ2n) is 5.73. The Hall–Kier alpha value is -0.900. The third-order valence-corrected chi connectivity index (χ3v) is 4.15. The van der Waals surface area contributed by atoms with Crippen LogP contribution in [0.3, 0.4) is 0 Å². The first kappa shape index (κ1) is 14.5. The van der Waals surface area contributed by atoms with Gasteiger partial charge in [-0.2, -0.15) is 0 Å². The molecule has 0 heterocycles. The van der Waals surface area contributed by atoms with Gasteiger partial charge in [0, 0.05) is 26.3 Å². The summed E-state index contributed by atoms with van der Waals surface area (Å²) in [5.41, 5.74) is 7.93. The highest BCUT2D eigenvalue weighted by Gasteiger charge is 2.41. The minimum atomic E-state index is 0.142. The normalized spacial score (nSPS) is 18.2. The SMILES string of the molecule is COCCC1(CNCCC(N)c2ccccc2)CC1. The summed E-state index contributed by atoms with van der Waals surface area (Å²) in [7, 11) is 1.78. The van der Waals surface area contributed by atoms with Gasteiger partial charge in [-0.05, 0) is 43.2 Å². The van der Waals surface area contributed by atoms with E-state index in [-0.39, 0.29) is 6.04 Å². The van der Waals surface area contributed by atoms with Crippen molar-refractivity contribution in [3.8, 4) is 0 Å². The molecule has 106 valence electrons. The van der Waals surface area contributed by atoms with Gasteiger partial charge in [-0.1, -0.05) is 30.3 Å². The Morgan fingerprint density at radius 3 is 2.68 bits per heavy atom. The Morgan fingerprint density at radius 1 is 1.32 bits per heavy atom. The maximum absolute atomic E-state index is 6.18. The lowest BCUT2D eigenvalue weighted by Gasteiger charge is -2.17. The zero-order chi connectivity index (χ0) is 13.6. The Kier molecular flexibility index (Phi) is 5.37. The molecule has 3 heteroatoms. The van der Waals surface area contributed by atoms with E-state index in [0.29, 0.717) is 5.41 Å². The molecule has 1 aliphatic rings. The minimum absolute atomic E-state index is 0.142. The third kappa shape index (κ3) is 4.60. The smallest absolute Gasteiger partial charge is 0.0468 e. The lowest BCUT2D eigenvalue weighted by atomic mass is 10.0. The van der Waals surface area contributed by atoms with E-state index in [1.54, 1.807) is 7.11 Å². The second-order valence-corrected chi connectivity index (χ2v) is 5.73. The predicted octanol–water partition coefficient (Wildman–Crippen LogP) is 2.48. The molecule has 1 fully saturated rings. The zero-order valence-electron chi connectivity index (χ0n) is 11.9. The van der Waals surface area contributed by atoms with Crippen LogP contribution in [0.2, 0.25) is 0 Å². The Morgan fingerprint density at radius 2 is 2.05 bits per heavy atom. The van der Waals surface area contributed by atoms with Crippen molar-refractivity contribution >= 4 is 0 Å². The topological polar surface area (TPSA) is 47.3 Å². The van der Waals surface area contributed by atoms with Gasteiger partial charge in [0.2, 0.25) is 0 Å². The minimum Gasteiger partial charge on any atom is -0.385 e. The first-order chi connectivity index (χ1) is 9.26. The van der Waals surface area contributed by atoms with Crippen LogP contribution in [-0.2, 0) is 4.74 Å². The van der Waals surface area contributed by atoms with Crippen molar-refractivity contribution in [3.05, 3.63) is 35.9 Å². The van der Waals surface area contributed by atoms with Gasteiger partial charge in [-0.3, -0.25) is 0 Å². The zero-order valence-corrected chi connectivity index (χ0v) is 11.9. The van der Waals surface area contributed by atoms with Crippen LogP contribution in [-0.4, -0.2) is 26.8 Å². The highest BCUT2D eigenvalue weighted by atomic mass is 16.5. The van der Waals surface area contributed by atoms with Gasteiger partial charge in [0.1, 0.15) is 0 Å². The maximum Gasteiger partial charge on any atom is 0.0468 e. The van der Waals surface area contributed by atoms with Gasteiger partial charge < -0.3 is 15.8 Å². The number of ether oxygens (including phenoxy) is 1. The average Bonchev–Trinajstić information content (AvgIpc) is 3.23. The van der Waals surface area contributed by atoms with Crippen molar-refractivity contribution in [1.82, 2.24) is 5.32 Å². The van der Waals surface area contributed by atoms with Crippen molar-refractivity contribution < 1.29 is 4.74 Å². The maximum atomic E-state index is 6.18. The van der Waals surface area contributed by atoms with Crippen molar-refractivity contribution in [2.75, 3.05) is 26.8 Å². The number of hydrogen-bond acceptors (Lipinski definition) is 3. The number of methoxy groups -OCH3 is 1. The molecule has 0 aromatic heterocycles. The van der Waals surface area contributed by atoms with E-state index >= 15 is 0 Å². The predicted molar refractivity (Wildman–Crippen MR) is 79.0 cm³/mol. The number of benzene rings is 1. The molecule has 1 aromatic rings. The van der Waals surface area contributed by atoms with Crippen molar-refractivity contribution in [1.29, 1.82) is 0 Å². The number of nitrogens with one attached hydrogen (secondary N) is 1. The van der Waals surface area contributed by atoms with Crippen LogP contribution in [0.5, 0.6) is 0 Å². The van der Waals surface area contributed by atoms with Gasteiger partial charge >= 0.3 is 0 Å². The summed E-state index contributed by atoms with van der Waals surface area (Å²) in [4.78, 5) is 0. The largest absolute Gasteiger partial charge is 0.385 e. The quantitative estimate of drug-likeness (QED) is 0.672. The van der Waals surface area contributed by atoms with E-state index in [9.17, 15) is 0 Å². The van der Waals surface area contributed by atoms with Crippen LogP contribution < -0.4 is 11.1 Å². The molecule has 3 nitrogen and oxygen atoms in total. The first-order valence-electron chi connectivity index (χ1n) is 7.26. The Balaban J connectivity index is 1.62. The number of hydrogen-bond donors (Lipinski definition) is 2. The van der Waals surface area contributed by atoms with Crippen LogP contribution in [0.15, 0.2) is 30.3 Å². The van der Waals surface area contributed by atoms with E-state index in [2.05, 4.69) is 17.4 Å². The average molecular weight is 262 g/mol. The standard InChI is InChI=1S/C16H26N2O/c1-19-12-10-16(8-9-16)13-18-11-7-15(17)14-5-3-2-4-6-14/h2-6,15,18H,7-13,17H2,1H3. The van der Waals surface area contributed by atoms with Crippen LogP contribution in [0, 0.1) is 5.41 Å². The van der Waals surface area contributed by atoms with Gasteiger partial charge in [0.25, 0.3) is 0 Å². The van der Waals surface area contributed by atoms with Gasteiger partial charge in [0.05, 0.1) is 0 Å². The Bertz CT molecular complexity index is 362. The fourth-order valence-corrected chi connectivity index (χ4v) is 2.49. The van der Waals surface area contributed by atoms with Crippen molar-refractivity contribution in [3.63, 3.8) is 0 Å². The van der Waals surface area contributed by atoms with Crippen molar-refractivity contribution in [2.24, 2.45) is 11.1 Å². The molecular weight excluding hydrogens is 236 g/mol. The molecule has 1 saturated carbocycles.